The first-order valence-corrected chi connectivity index (χ1v) is 48.8. The summed E-state index contributed by atoms with van der Waals surface area (Å²) in [6.45, 7) is 25.5. The zero-order valence-corrected chi connectivity index (χ0v) is 86.0. The van der Waals surface area contributed by atoms with Gasteiger partial charge in [-0.1, -0.05) is 113 Å². The molecule has 2 saturated heterocycles. The van der Waals surface area contributed by atoms with E-state index in [4.69, 9.17) is 42.7 Å². The van der Waals surface area contributed by atoms with Gasteiger partial charge in [-0.3, -0.25) is 69.1 Å². The molecule has 724 valence electrons. The number of rotatable bonds is 14. The van der Waals surface area contributed by atoms with Gasteiger partial charge in [0.2, 0.25) is 35.4 Å². The van der Waals surface area contributed by atoms with E-state index < -0.39 is 39.3 Å². The number of ether oxygens (including phenoxy) is 1. The molecule has 0 spiro atoms. The van der Waals surface area contributed by atoms with Gasteiger partial charge in [0, 0.05) is 194 Å². The van der Waals surface area contributed by atoms with Crippen molar-refractivity contribution in [2.75, 3.05) is 42.3 Å². The van der Waals surface area contributed by atoms with Crippen LogP contribution in [0.1, 0.15) is 211 Å². The molecule has 31 heteroatoms. The van der Waals surface area contributed by atoms with Crippen LogP contribution in [-0.4, -0.2) is 170 Å². The molecule has 0 radical (unpaired) electrons. The fourth-order valence-electron chi connectivity index (χ4n) is 18.2. The summed E-state index contributed by atoms with van der Waals surface area (Å²) < 4.78 is 8.73. The molecule has 28 nitrogen and oxygen atoms in total. The number of amidine groups is 2. The average molecular weight is 1950 g/mol. The number of pyridine rings is 4. The Kier molecular flexibility index (Phi) is 30.4. The first-order valence-electron chi connectivity index (χ1n) is 46.2. The number of amides is 5. The molecule has 5 amide bonds. The van der Waals surface area contributed by atoms with Gasteiger partial charge in [0.1, 0.15) is 28.3 Å². The number of carbonyl (C=O) groups is 5. The van der Waals surface area contributed by atoms with Gasteiger partial charge in [0.05, 0.1) is 64.4 Å². The summed E-state index contributed by atoms with van der Waals surface area (Å²) in [5.41, 5.74) is 31.7. The summed E-state index contributed by atoms with van der Waals surface area (Å²) in [6, 6.07) is 40.1. The molecule has 6 aliphatic rings. The van der Waals surface area contributed by atoms with Crippen LogP contribution in [0.5, 0.6) is 5.88 Å². The van der Waals surface area contributed by atoms with E-state index in [2.05, 4.69) is 180 Å². The molecule has 142 heavy (non-hydrogen) atoms. The maximum Gasteiger partial charge on any atom is 0.239 e. The molecule has 1 saturated carbocycles. The number of carbonyl (C=O) groups excluding carboxylic acids is 5. The van der Waals surface area contributed by atoms with Gasteiger partial charge < -0.3 is 31.7 Å². The number of thiophene rings is 2. The van der Waals surface area contributed by atoms with Gasteiger partial charge in [0.15, 0.2) is 17.9 Å². The number of likely N-dealkylation sites (tertiary alicyclic amines) is 2. The van der Waals surface area contributed by atoms with Crippen LogP contribution in [-0.2, 0) is 63.9 Å². The molecule has 3 fully saturated rings. The van der Waals surface area contributed by atoms with Gasteiger partial charge in [0.25, 0.3) is 0 Å². The van der Waals surface area contributed by atoms with Crippen molar-refractivity contribution in [2.45, 2.75) is 173 Å². The van der Waals surface area contributed by atoms with Crippen LogP contribution in [0.15, 0.2) is 209 Å². The van der Waals surface area contributed by atoms with Crippen LogP contribution in [0.3, 0.4) is 0 Å². The normalized spacial score (nSPS) is 21.4. The first-order chi connectivity index (χ1) is 67.6. The van der Waals surface area contributed by atoms with Crippen molar-refractivity contribution in [3.63, 3.8) is 0 Å². The fourth-order valence-corrected chi connectivity index (χ4v) is 21.5. The number of piperidine rings is 2. The Morgan fingerprint density at radius 2 is 1.00 bits per heavy atom. The van der Waals surface area contributed by atoms with Gasteiger partial charge in [-0.25, -0.2) is 29.6 Å². The highest BCUT2D eigenvalue weighted by Gasteiger charge is 2.55. The van der Waals surface area contributed by atoms with E-state index in [1.165, 1.54) is 30.1 Å². The van der Waals surface area contributed by atoms with E-state index in [-0.39, 0.29) is 65.2 Å². The number of nitrogens with zero attached hydrogens (tertiary/aromatic N) is 17. The molecule has 8 atom stereocenters. The van der Waals surface area contributed by atoms with Crippen LogP contribution in [0.25, 0.3) is 49.6 Å². The zero-order valence-electron chi connectivity index (χ0n) is 83.5. The number of aryl methyl sites for hydroxylation is 1. The lowest BCUT2D eigenvalue weighted by atomic mass is 9.67. The lowest BCUT2D eigenvalue weighted by Crippen LogP contribution is -2.54. The molecule has 9 aromatic heterocycles. The zero-order chi connectivity index (χ0) is 102. The van der Waals surface area contributed by atoms with Crippen LogP contribution in [0, 0.1) is 81.9 Å². The number of hydrogen-bond donors (Lipinski definition) is 5. The highest BCUT2D eigenvalue weighted by atomic mass is 32.1. The molecule has 12 aromatic rings. The molecule has 5 aliphatic heterocycles. The van der Waals surface area contributed by atoms with E-state index in [9.17, 15) is 24.0 Å². The number of aliphatic imine (C=N–C) groups is 3. The van der Waals surface area contributed by atoms with E-state index in [0.29, 0.717) is 42.7 Å². The second kappa shape index (κ2) is 42.2. The number of nitrogens with two attached hydrogens (primary N) is 3. The Morgan fingerprint density at radius 1 is 0.479 bits per heavy atom. The SMILES string of the molecule is CC#Cc1cccc(-c2cnc([C@@]3(C)CC(=N)N(C)C(=O)C3)s2)c1.CC#Cc1cccc(-n2cc([C@@]3(C)N=C(N)N(C)C(=O)[C@@H]3C3CC3)cn2)c1.CC#Cc1cncc(-c2cc([C@]3(C)CC(=O)N(C)C(N)=N3)n(C)n2)c1.CC#Cc1cncc(-c2csc([C@@]3(C)CC(=N)N(C)C(=O)C3c3ccc(OC)nc3)c2)c1.CC#Cc1cncc(-c2csc([C@@]3(C)N=C(N)N(C)C(=O)[C@@H]3c3ccc(C(C)(C)C)cc3)c2)c1. The van der Waals surface area contributed by atoms with E-state index in [0.717, 1.165) is 127 Å². The molecule has 18 rings (SSSR count). The maximum atomic E-state index is 13.5. The maximum absolute atomic E-state index is 13.5. The van der Waals surface area contributed by atoms with Crippen LogP contribution < -0.4 is 21.9 Å². The van der Waals surface area contributed by atoms with Crippen molar-refractivity contribution in [2.24, 2.45) is 51.1 Å². The second-order valence-corrected chi connectivity index (χ2v) is 40.7. The Labute approximate surface area is 842 Å². The predicted octanol–water partition coefficient (Wildman–Crippen LogP) is 16.9. The summed E-state index contributed by atoms with van der Waals surface area (Å²) in [4.78, 5) is 110. The van der Waals surface area contributed by atoms with Gasteiger partial charge in [-0.2, -0.15) is 10.2 Å². The quantitative estimate of drug-likeness (QED) is 0.0631. The van der Waals surface area contributed by atoms with Crippen molar-refractivity contribution in [3.05, 3.63) is 265 Å². The molecule has 8 N–H and O–H groups in total. The van der Waals surface area contributed by atoms with Crippen molar-refractivity contribution in [1.29, 1.82) is 10.8 Å². The predicted molar refractivity (Wildman–Crippen MR) is 562 cm³/mol. The second-order valence-electron chi connectivity index (χ2n) is 37.9. The number of likely N-dealkylation sites (N-methyl/N-ethyl adjacent to an activating group) is 2. The third-order valence-electron chi connectivity index (χ3n) is 26.5. The van der Waals surface area contributed by atoms with E-state index >= 15 is 0 Å². The summed E-state index contributed by atoms with van der Waals surface area (Å²) in [7, 11) is 11.7. The fraction of sp³-hybridized carbons (Fsp3) is 0.324. The summed E-state index contributed by atoms with van der Waals surface area (Å²) >= 11 is 4.78. The molecule has 3 aromatic carbocycles. The molecular formula is C111H116N22O6S3. The molecule has 14 heterocycles. The molecule has 1 unspecified atom stereocenters. The number of nitrogens with one attached hydrogen (secondary N) is 2. The average Bonchev–Trinajstić information content (AvgIpc) is 1.31. The standard InChI is InChI=1S/C28H30N4OS.C25H24N4O2S.C21H23N5O.C19H19N3OS.C18H20N6O/c1-7-8-18-13-20(16-30-15-18)21-14-23(34-17-21)28(5)24(25(33)32(6)26(29)31-28)19-9-11-22(12-10-19)27(2,3)4;1-5-6-16-9-18(13-27-12-16)19-10-20(32-15-19)25(2)11-21(26)29(3)24(30)23(25)17-7-8-22(31-4)28-14-17;1-4-6-14-7-5-8-17(11-14)26-13-16(12-23-26)21(2)18(15-9-10-15)19(27)25(3)20(22)24-21;1-4-6-13-7-5-8-14(9-13)15-12-21-18(24-15)19(2)10-16(20)22(3)17(23)11-19;1-5-6-12-7-13(11-20-10-12)14-8-15(24(4)22-14)18(2)9-16(25)23(3)17(19)21-18/h9-17,24H,1-6H3,(H2,29,31);7-10,12-15,23,26H,11H2,1-4H3;5,7-8,11-13,15,18H,9-10H2,1-3H3,(H2,22,24);5,7-9,12,20H,10-11H2,1-3H3;7-8,10-11H,9H2,1-4H3,(H2,19,21)/t24-,28+;23?,25-;18-,21+;19-;18-/m01000/s1. The van der Waals surface area contributed by atoms with Gasteiger partial charge in [-0.05, 0) is 190 Å². The summed E-state index contributed by atoms with van der Waals surface area (Å²) in [6.07, 6.45) is 21.6. The van der Waals surface area contributed by atoms with E-state index in [1.807, 2.05) is 153 Å². The minimum atomic E-state index is -0.825. The Balaban J connectivity index is 0.000000142. The number of thiazole rings is 1. The Hall–Kier alpha value is -15.6. The number of aromatic nitrogens is 9. The number of benzene rings is 3. The highest BCUT2D eigenvalue weighted by Crippen LogP contribution is 2.53. The summed E-state index contributed by atoms with van der Waals surface area (Å²) in [5, 5.41) is 30.6. The first kappa shape index (κ1) is 102. The lowest BCUT2D eigenvalue weighted by molar-refractivity contribution is -0.135. The summed E-state index contributed by atoms with van der Waals surface area (Å²) in [5.74, 6) is 30.6. The monoisotopic (exact) mass is 1950 g/mol. The Morgan fingerprint density at radius 3 is 1.57 bits per heavy atom. The smallest absolute Gasteiger partial charge is 0.239 e. The number of methoxy groups -OCH3 is 1. The van der Waals surface area contributed by atoms with Crippen molar-refractivity contribution in [1.82, 2.24) is 69.0 Å². The van der Waals surface area contributed by atoms with Crippen molar-refractivity contribution in [3.8, 4) is 115 Å². The highest BCUT2D eigenvalue weighted by molar-refractivity contribution is 7.15. The number of hydrogen-bond acceptors (Lipinski definition) is 24. The van der Waals surface area contributed by atoms with Crippen LogP contribution in [0.2, 0.25) is 0 Å². The largest absolute Gasteiger partial charge is 0.481 e. The minimum absolute atomic E-state index is 0.0225. The van der Waals surface area contributed by atoms with Gasteiger partial charge >= 0.3 is 0 Å². The Bertz CT molecular complexity index is 7330. The lowest BCUT2D eigenvalue weighted by Gasteiger charge is -2.43. The van der Waals surface area contributed by atoms with Crippen molar-refractivity contribution < 1.29 is 28.7 Å². The third kappa shape index (κ3) is 21.7. The molecule has 0 bridgehead atoms. The third-order valence-corrected chi connectivity index (χ3v) is 30.2. The topological polar surface area (TPSA) is 374 Å². The van der Waals surface area contributed by atoms with Crippen LogP contribution >= 0.6 is 34.0 Å². The minimum Gasteiger partial charge on any atom is -0.481 e. The van der Waals surface area contributed by atoms with E-state index in [1.54, 1.807) is 143 Å². The number of guanidine groups is 3. The molecule has 1 aliphatic carbocycles. The molecular weight excluding hydrogens is 1830 g/mol. The van der Waals surface area contributed by atoms with Crippen LogP contribution in [0.4, 0.5) is 0 Å². The van der Waals surface area contributed by atoms with Gasteiger partial charge in [-0.15, -0.1) is 63.6 Å². The van der Waals surface area contributed by atoms with Crippen molar-refractivity contribution >= 4 is 93.1 Å².